The van der Waals surface area contributed by atoms with Crippen LogP contribution in [0.25, 0.3) is 0 Å². The first-order valence-electron chi connectivity index (χ1n) is 5.44. The molecule has 5 nitrogen and oxygen atoms in total. The Morgan fingerprint density at radius 3 is 2.53 bits per heavy atom. The molecule has 1 N–H and O–H groups in total. The van der Waals surface area contributed by atoms with Gasteiger partial charge in [-0.25, -0.2) is 9.18 Å². The molecule has 1 aromatic rings. The third-order valence-corrected chi connectivity index (χ3v) is 3.80. The van der Waals surface area contributed by atoms with Crippen molar-refractivity contribution in [3.05, 3.63) is 29.6 Å². The molecule has 0 saturated heterocycles. The molecule has 0 radical (unpaired) electrons. The fraction of sp³-hybridized carbons (Fsp3) is 0.333. The van der Waals surface area contributed by atoms with Crippen LogP contribution in [0.5, 0.6) is 0 Å². The lowest BCUT2D eigenvalue weighted by Crippen LogP contribution is -2.23. The number of carbonyl (C=O) groups is 2. The van der Waals surface area contributed by atoms with Gasteiger partial charge in [-0.1, -0.05) is 0 Å². The monoisotopic (exact) mass is 287 g/mol. The molecular weight excluding hydrogens is 273 g/mol. The van der Waals surface area contributed by atoms with Crippen LogP contribution in [0.3, 0.4) is 0 Å². The summed E-state index contributed by atoms with van der Waals surface area (Å²) in [6.45, 7) is 0. The fourth-order valence-electron chi connectivity index (χ4n) is 1.32. The normalized spacial score (nSPS) is 11.9. The maximum Gasteiger partial charge on any atom is 0.335 e. The van der Waals surface area contributed by atoms with Crippen molar-refractivity contribution in [2.45, 2.75) is 11.3 Å². The van der Waals surface area contributed by atoms with Crippen LogP contribution in [0.15, 0.2) is 23.1 Å². The summed E-state index contributed by atoms with van der Waals surface area (Å²) in [5, 5.41) is 8.79. The van der Waals surface area contributed by atoms with Crippen LogP contribution in [0.4, 0.5) is 4.39 Å². The molecule has 0 fully saturated rings. The Balaban J connectivity index is 2.84. The van der Waals surface area contributed by atoms with E-state index in [9.17, 15) is 18.2 Å². The molecule has 0 bridgehead atoms. The average molecular weight is 287 g/mol. The second-order valence-electron chi connectivity index (χ2n) is 4.04. The summed E-state index contributed by atoms with van der Waals surface area (Å²) in [7, 11) is 1.39. The first kappa shape index (κ1) is 15.3. The number of carbonyl (C=O) groups excluding carboxylic acids is 1. The summed E-state index contributed by atoms with van der Waals surface area (Å²) in [6, 6.07) is 3.10. The van der Waals surface area contributed by atoms with Crippen LogP contribution in [0.2, 0.25) is 0 Å². The number of hydrogen-bond acceptors (Lipinski definition) is 3. The number of aromatic carboxylic acids is 1. The molecule has 1 rings (SSSR count). The third kappa shape index (κ3) is 4.13. The number of halogens is 1. The van der Waals surface area contributed by atoms with Crippen LogP contribution in [-0.2, 0) is 15.6 Å². The summed E-state index contributed by atoms with van der Waals surface area (Å²) in [6.07, 6.45) is 0.0103. The molecule has 0 saturated carbocycles. The maximum absolute atomic E-state index is 13.5. The number of rotatable bonds is 5. The zero-order chi connectivity index (χ0) is 14.6. The van der Waals surface area contributed by atoms with Gasteiger partial charge in [-0.3, -0.25) is 9.00 Å². The second kappa shape index (κ2) is 6.42. The number of hydrogen-bond donors (Lipinski definition) is 1. The molecule has 104 valence electrons. The van der Waals surface area contributed by atoms with E-state index in [2.05, 4.69) is 0 Å². The smallest absolute Gasteiger partial charge is 0.335 e. The van der Waals surface area contributed by atoms with Crippen LogP contribution in [0.1, 0.15) is 16.8 Å². The predicted octanol–water partition coefficient (Wildman–Crippen LogP) is 1.11. The molecule has 1 aromatic carbocycles. The van der Waals surface area contributed by atoms with Gasteiger partial charge in [0.25, 0.3) is 0 Å². The molecule has 0 aliphatic rings. The topological polar surface area (TPSA) is 74.7 Å². The number of nitrogens with zero attached hydrogens (tertiary/aromatic N) is 1. The Bertz CT molecular complexity index is 530. The van der Waals surface area contributed by atoms with Crippen LogP contribution < -0.4 is 0 Å². The highest BCUT2D eigenvalue weighted by atomic mass is 32.2. The Morgan fingerprint density at radius 2 is 2.00 bits per heavy atom. The van der Waals surface area contributed by atoms with Crippen LogP contribution in [-0.4, -0.2) is 45.9 Å². The Kier molecular flexibility index (Phi) is 5.17. The molecule has 1 unspecified atom stereocenters. The molecule has 0 aliphatic carbocycles. The molecule has 0 spiro atoms. The minimum Gasteiger partial charge on any atom is -0.478 e. The standard InChI is InChI=1S/C12H14FNO4S/c1-14(2)11(15)5-6-19(18)10-7-8(12(16)17)3-4-9(10)13/h3-4,7H,5-6H2,1-2H3,(H,16,17). The van der Waals surface area contributed by atoms with E-state index in [4.69, 9.17) is 5.11 Å². The van der Waals surface area contributed by atoms with Gasteiger partial charge in [0.05, 0.1) is 21.3 Å². The highest BCUT2D eigenvalue weighted by Gasteiger charge is 2.15. The van der Waals surface area contributed by atoms with E-state index in [0.29, 0.717) is 0 Å². The van der Waals surface area contributed by atoms with Crippen molar-refractivity contribution in [3.63, 3.8) is 0 Å². The summed E-state index contributed by atoms with van der Waals surface area (Å²) in [4.78, 5) is 23.3. The first-order valence-corrected chi connectivity index (χ1v) is 6.76. The first-order chi connectivity index (χ1) is 8.82. The maximum atomic E-state index is 13.5. The minimum absolute atomic E-state index is 0.0103. The highest BCUT2D eigenvalue weighted by Crippen LogP contribution is 2.16. The van der Waals surface area contributed by atoms with Gasteiger partial charge < -0.3 is 10.0 Å². The van der Waals surface area contributed by atoms with Crippen molar-refractivity contribution >= 4 is 22.7 Å². The number of benzene rings is 1. The molecule has 1 atom stereocenters. The van der Waals surface area contributed by atoms with Gasteiger partial charge in [-0.15, -0.1) is 0 Å². The lowest BCUT2D eigenvalue weighted by Gasteiger charge is -2.10. The van der Waals surface area contributed by atoms with Gasteiger partial charge in [-0.05, 0) is 18.2 Å². The predicted molar refractivity (Wildman–Crippen MR) is 67.9 cm³/mol. The third-order valence-electron chi connectivity index (χ3n) is 2.42. The molecule has 0 aliphatic heterocycles. The van der Waals surface area contributed by atoms with Crippen molar-refractivity contribution in [3.8, 4) is 0 Å². The quantitative estimate of drug-likeness (QED) is 0.880. The van der Waals surface area contributed by atoms with E-state index in [-0.39, 0.29) is 28.5 Å². The molecule has 1 amide bonds. The molecule has 7 heteroatoms. The van der Waals surface area contributed by atoms with Crippen molar-refractivity contribution in [2.24, 2.45) is 0 Å². The number of carboxylic acid groups (broad SMARTS) is 1. The van der Waals surface area contributed by atoms with Gasteiger partial charge >= 0.3 is 5.97 Å². The van der Waals surface area contributed by atoms with E-state index in [0.717, 1.165) is 18.2 Å². The van der Waals surface area contributed by atoms with Crippen molar-refractivity contribution in [1.82, 2.24) is 4.90 Å². The zero-order valence-corrected chi connectivity index (χ0v) is 11.4. The largest absolute Gasteiger partial charge is 0.478 e. The van der Waals surface area contributed by atoms with E-state index in [1.54, 1.807) is 14.1 Å². The number of carboxylic acids is 1. The minimum atomic E-state index is -1.74. The van der Waals surface area contributed by atoms with Gasteiger partial charge in [0, 0.05) is 26.3 Å². The SMILES string of the molecule is CN(C)C(=O)CCS(=O)c1cc(C(=O)O)ccc1F. The summed E-state index contributed by atoms with van der Waals surface area (Å²) in [5.41, 5.74) is -0.135. The van der Waals surface area contributed by atoms with Gasteiger partial charge in [0.1, 0.15) is 5.82 Å². The highest BCUT2D eigenvalue weighted by molar-refractivity contribution is 7.85. The van der Waals surface area contributed by atoms with Crippen molar-refractivity contribution in [1.29, 1.82) is 0 Å². The van der Waals surface area contributed by atoms with E-state index >= 15 is 0 Å². The Morgan fingerprint density at radius 1 is 1.37 bits per heavy atom. The van der Waals surface area contributed by atoms with Gasteiger partial charge in [0.2, 0.25) is 5.91 Å². The lowest BCUT2D eigenvalue weighted by atomic mass is 10.2. The van der Waals surface area contributed by atoms with Crippen molar-refractivity contribution < 1.29 is 23.3 Å². The van der Waals surface area contributed by atoms with E-state index < -0.39 is 22.6 Å². The van der Waals surface area contributed by atoms with Crippen LogP contribution in [0, 0.1) is 5.82 Å². The van der Waals surface area contributed by atoms with Crippen LogP contribution >= 0.6 is 0 Å². The van der Waals surface area contributed by atoms with Crippen molar-refractivity contribution in [2.75, 3.05) is 19.8 Å². The Hall–Kier alpha value is -1.76. The summed E-state index contributed by atoms with van der Waals surface area (Å²) < 4.78 is 25.4. The summed E-state index contributed by atoms with van der Waals surface area (Å²) >= 11 is 0. The lowest BCUT2D eigenvalue weighted by molar-refractivity contribution is -0.128. The fourth-order valence-corrected chi connectivity index (χ4v) is 2.45. The Labute approximate surface area is 112 Å². The van der Waals surface area contributed by atoms with Gasteiger partial charge in [0.15, 0.2) is 0 Å². The van der Waals surface area contributed by atoms with E-state index in [1.807, 2.05) is 0 Å². The number of amides is 1. The van der Waals surface area contributed by atoms with Gasteiger partial charge in [-0.2, -0.15) is 0 Å². The average Bonchev–Trinajstić information content (AvgIpc) is 2.35. The summed E-state index contributed by atoms with van der Waals surface area (Å²) in [5.74, 6) is -2.22. The second-order valence-corrected chi connectivity index (χ2v) is 5.58. The molecular formula is C12H14FNO4S. The van der Waals surface area contributed by atoms with E-state index in [1.165, 1.54) is 4.90 Å². The zero-order valence-electron chi connectivity index (χ0n) is 10.6. The molecule has 19 heavy (non-hydrogen) atoms. The molecule has 0 heterocycles. The molecule has 0 aromatic heterocycles.